The number of anilines is 2. The first-order valence-corrected chi connectivity index (χ1v) is 7.15. The molecule has 1 N–H and O–H groups in total. The van der Waals surface area contributed by atoms with Crippen molar-refractivity contribution in [3.8, 4) is 0 Å². The van der Waals surface area contributed by atoms with E-state index in [9.17, 15) is 4.79 Å². The van der Waals surface area contributed by atoms with Crippen molar-refractivity contribution in [1.82, 2.24) is 9.97 Å². The van der Waals surface area contributed by atoms with Crippen LogP contribution < -0.4 is 10.2 Å². The third-order valence-corrected chi connectivity index (χ3v) is 3.56. The molecule has 0 saturated carbocycles. The summed E-state index contributed by atoms with van der Waals surface area (Å²) in [4.78, 5) is 22.0. The SMILES string of the molecule is Cc1nccc(CNc2ccc(N3CCCC3=O)cc2)n1. The summed E-state index contributed by atoms with van der Waals surface area (Å²) in [7, 11) is 0. The van der Waals surface area contributed by atoms with Gasteiger partial charge in [0, 0.05) is 30.5 Å². The van der Waals surface area contributed by atoms with Crippen LogP contribution in [-0.2, 0) is 11.3 Å². The van der Waals surface area contributed by atoms with E-state index in [1.165, 1.54) is 0 Å². The zero-order valence-corrected chi connectivity index (χ0v) is 12.0. The lowest BCUT2D eigenvalue weighted by Gasteiger charge is -2.16. The minimum absolute atomic E-state index is 0.215. The van der Waals surface area contributed by atoms with Crippen molar-refractivity contribution >= 4 is 17.3 Å². The predicted molar refractivity (Wildman–Crippen MR) is 82.1 cm³/mol. The molecule has 0 radical (unpaired) electrons. The molecule has 1 amide bonds. The number of rotatable bonds is 4. The molecule has 0 atom stereocenters. The molecule has 1 fully saturated rings. The van der Waals surface area contributed by atoms with Crippen LogP contribution in [0.5, 0.6) is 0 Å². The number of carbonyl (C=O) groups excluding carboxylic acids is 1. The average Bonchev–Trinajstić information content (AvgIpc) is 2.92. The van der Waals surface area contributed by atoms with Gasteiger partial charge in [0.25, 0.3) is 0 Å². The van der Waals surface area contributed by atoms with Gasteiger partial charge in [0.15, 0.2) is 0 Å². The van der Waals surface area contributed by atoms with Gasteiger partial charge < -0.3 is 10.2 Å². The maximum absolute atomic E-state index is 11.7. The molecule has 1 saturated heterocycles. The Morgan fingerprint density at radius 1 is 1.24 bits per heavy atom. The van der Waals surface area contributed by atoms with Gasteiger partial charge in [0.2, 0.25) is 5.91 Å². The van der Waals surface area contributed by atoms with Crippen molar-refractivity contribution < 1.29 is 4.79 Å². The van der Waals surface area contributed by atoms with Crippen molar-refractivity contribution in [1.29, 1.82) is 0 Å². The summed E-state index contributed by atoms with van der Waals surface area (Å²) in [6, 6.07) is 9.86. The average molecular weight is 282 g/mol. The number of nitrogens with zero attached hydrogens (tertiary/aromatic N) is 3. The fourth-order valence-corrected chi connectivity index (χ4v) is 2.48. The number of amides is 1. The van der Waals surface area contributed by atoms with Gasteiger partial charge in [0.1, 0.15) is 5.82 Å². The first kappa shape index (κ1) is 13.5. The van der Waals surface area contributed by atoms with E-state index in [-0.39, 0.29) is 5.91 Å². The fourth-order valence-electron chi connectivity index (χ4n) is 2.48. The molecule has 2 aromatic rings. The van der Waals surface area contributed by atoms with Gasteiger partial charge in [-0.2, -0.15) is 0 Å². The zero-order chi connectivity index (χ0) is 14.7. The smallest absolute Gasteiger partial charge is 0.227 e. The van der Waals surface area contributed by atoms with Crippen molar-refractivity contribution in [2.45, 2.75) is 26.3 Å². The van der Waals surface area contributed by atoms with E-state index in [4.69, 9.17) is 0 Å². The number of hydrogen-bond donors (Lipinski definition) is 1. The van der Waals surface area contributed by atoms with Crippen molar-refractivity contribution in [3.63, 3.8) is 0 Å². The molecule has 21 heavy (non-hydrogen) atoms. The Kier molecular flexibility index (Phi) is 3.81. The maximum Gasteiger partial charge on any atom is 0.227 e. The number of hydrogen-bond acceptors (Lipinski definition) is 4. The molecule has 1 aromatic carbocycles. The quantitative estimate of drug-likeness (QED) is 0.936. The third-order valence-electron chi connectivity index (χ3n) is 3.56. The Morgan fingerprint density at radius 2 is 2.05 bits per heavy atom. The molecule has 2 heterocycles. The van der Waals surface area contributed by atoms with E-state index in [0.29, 0.717) is 13.0 Å². The number of carbonyl (C=O) groups is 1. The topological polar surface area (TPSA) is 58.1 Å². The van der Waals surface area contributed by atoms with Crippen molar-refractivity contribution in [2.24, 2.45) is 0 Å². The maximum atomic E-state index is 11.7. The zero-order valence-electron chi connectivity index (χ0n) is 12.0. The molecule has 0 bridgehead atoms. The Labute approximate surface area is 124 Å². The second-order valence-electron chi connectivity index (χ2n) is 5.14. The Balaban J connectivity index is 1.63. The third kappa shape index (κ3) is 3.18. The van der Waals surface area contributed by atoms with Gasteiger partial charge in [-0.3, -0.25) is 4.79 Å². The fraction of sp³-hybridized carbons (Fsp3) is 0.312. The predicted octanol–water partition coefficient (Wildman–Crippen LogP) is 2.52. The summed E-state index contributed by atoms with van der Waals surface area (Å²) in [6.07, 6.45) is 3.38. The monoisotopic (exact) mass is 282 g/mol. The first-order valence-electron chi connectivity index (χ1n) is 7.15. The van der Waals surface area contributed by atoms with Crippen LogP contribution in [0.15, 0.2) is 36.5 Å². The molecular formula is C16H18N4O. The minimum atomic E-state index is 0.215. The van der Waals surface area contributed by atoms with Crippen LogP contribution in [0, 0.1) is 6.92 Å². The van der Waals surface area contributed by atoms with Gasteiger partial charge in [0.05, 0.1) is 12.2 Å². The van der Waals surface area contributed by atoms with E-state index >= 15 is 0 Å². The summed E-state index contributed by atoms with van der Waals surface area (Å²) in [5, 5.41) is 3.32. The summed E-state index contributed by atoms with van der Waals surface area (Å²) < 4.78 is 0. The highest BCUT2D eigenvalue weighted by Crippen LogP contribution is 2.23. The summed E-state index contributed by atoms with van der Waals surface area (Å²) in [5.41, 5.74) is 2.95. The largest absolute Gasteiger partial charge is 0.379 e. The number of nitrogens with one attached hydrogen (secondary N) is 1. The summed E-state index contributed by atoms with van der Waals surface area (Å²) in [5.74, 6) is 0.990. The van der Waals surface area contributed by atoms with Crippen LogP contribution in [0.2, 0.25) is 0 Å². The highest BCUT2D eigenvalue weighted by atomic mass is 16.2. The summed E-state index contributed by atoms with van der Waals surface area (Å²) in [6.45, 7) is 3.36. The molecule has 0 aliphatic carbocycles. The molecule has 1 aliphatic rings. The number of aromatic nitrogens is 2. The van der Waals surface area contributed by atoms with Gasteiger partial charge in [-0.25, -0.2) is 9.97 Å². The molecule has 5 heteroatoms. The van der Waals surface area contributed by atoms with E-state index in [0.717, 1.165) is 35.9 Å². The van der Waals surface area contributed by atoms with E-state index in [1.807, 2.05) is 42.2 Å². The van der Waals surface area contributed by atoms with Gasteiger partial charge >= 0.3 is 0 Å². The lowest BCUT2D eigenvalue weighted by molar-refractivity contribution is -0.117. The van der Waals surface area contributed by atoms with Crippen LogP contribution >= 0.6 is 0 Å². The van der Waals surface area contributed by atoms with Gasteiger partial charge in [-0.15, -0.1) is 0 Å². The Bertz CT molecular complexity index is 639. The molecule has 5 nitrogen and oxygen atoms in total. The van der Waals surface area contributed by atoms with Crippen LogP contribution in [0.4, 0.5) is 11.4 Å². The molecule has 1 aromatic heterocycles. The van der Waals surface area contributed by atoms with E-state index in [1.54, 1.807) is 6.20 Å². The van der Waals surface area contributed by atoms with Crippen molar-refractivity contribution in [2.75, 3.05) is 16.8 Å². The second kappa shape index (κ2) is 5.91. The molecular weight excluding hydrogens is 264 g/mol. The minimum Gasteiger partial charge on any atom is -0.379 e. The number of aryl methyl sites for hydroxylation is 1. The van der Waals surface area contributed by atoms with Gasteiger partial charge in [-0.1, -0.05) is 0 Å². The lowest BCUT2D eigenvalue weighted by Crippen LogP contribution is -2.23. The molecule has 3 rings (SSSR count). The van der Waals surface area contributed by atoms with Crippen LogP contribution in [0.1, 0.15) is 24.4 Å². The lowest BCUT2D eigenvalue weighted by atomic mass is 10.2. The Hall–Kier alpha value is -2.43. The molecule has 1 aliphatic heterocycles. The summed E-state index contributed by atoms with van der Waals surface area (Å²) >= 11 is 0. The standard InChI is InChI=1S/C16H18N4O/c1-12-17-9-8-14(19-12)11-18-13-4-6-15(7-5-13)20-10-2-3-16(20)21/h4-9,18H,2-3,10-11H2,1H3. The van der Waals surface area contributed by atoms with E-state index < -0.39 is 0 Å². The molecule has 0 unspecified atom stereocenters. The highest BCUT2D eigenvalue weighted by Gasteiger charge is 2.21. The molecule has 108 valence electrons. The van der Waals surface area contributed by atoms with Crippen molar-refractivity contribution in [3.05, 3.63) is 48.0 Å². The second-order valence-corrected chi connectivity index (χ2v) is 5.14. The molecule has 0 spiro atoms. The van der Waals surface area contributed by atoms with Crippen LogP contribution in [0.25, 0.3) is 0 Å². The normalized spacial score (nSPS) is 14.5. The van der Waals surface area contributed by atoms with Crippen LogP contribution in [-0.4, -0.2) is 22.4 Å². The van der Waals surface area contributed by atoms with E-state index in [2.05, 4.69) is 15.3 Å². The van der Waals surface area contributed by atoms with Crippen LogP contribution in [0.3, 0.4) is 0 Å². The Morgan fingerprint density at radius 3 is 2.71 bits per heavy atom. The highest BCUT2D eigenvalue weighted by molar-refractivity contribution is 5.95. The first-order chi connectivity index (χ1) is 10.2. The number of benzene rings is 1. The van der Waals surface area contributed by atoms with Gasteiger partial charge in [-0.05, 0) is 43.7 Å².